The number of anilines is 1. The lowest BCUT2D eigenvalue weighted by Crippen LogP contribution is -2.45. The Kier molecular flexibility index (Phi) is 7.14. The Morgan fingerprint density at radius 1 is 1.03 bits per heavy atom. The molecule has 1 saturated heterocycles. The van der Waals surface area contributed by atoms with Crippen molar-refractivity contribution in [2.45, 2.75) is 26.4 Å². The lowest BCUT2D eigenvalue weighted by atomic mass is 10.1. The van der Waals surface area contributed by atoms with Crippen LogP contribution in [-0.4, -0.2) is 58.0 Å². The van der Waals surface area contributed by atoms with Crippen LogP contribution in [0.3, 0.4) is 0 Å². The third-order valence-corrected chi connectivity index (χ3v) is 6.33. The molecule has 2 aromatic carbocycles. The van der Waals surface area contributed by atoms with Gasteiger partial charge in [-0.15, -0.1) is 0 Å². The SMILES string of the molecule is CCN1CCN(Cc2ccc(NC(=O)CCn3c(=S)[nH]c4ccccc4c3=O)cc2)CC1. The highest BCUT2D eigenvalue weighted by molar-refractivity contribution is 7.71. The number of amides is 1. The van der Waals surface area contributed by atoms with Crippen LogP contribution >= 0.6 is 12.2 Å². The van der Waals surface area contributed by atoms with E-state index in [0.717, 1.165) is 45.0 Å². The molecule has 32 heavy (non-hydrogen) atoms. The number of carbonyl (C=O) groups is 1. The molecule has 1 aliphatic rings. The number of piperazine rings is 1. The maximum atomic E-state index is 12.7. The van der Waals surface area contributed by atoms with Crippen molar-refractivity contribution >= 4 is 34.7 Å². The van der Waals surface area contributed by atoms with Gasteiger partial charge in [0.25, 0.3) is 5.56 Å². The molecule has 0 unspecified atom stereocenters. The molecule has 1 aromatic heterocycles. The number of H-pyrrole nitrogens is 1. The molecule has 4 rings (SSSR count). The summed E-state index contributed by atoms with van der Waals surface area (Å²) in [5, 5.41) is 3.48. The fourth-order valence-corrected chi connectivity index (χ4v) is 4.34. The zero-order chi connectivity index (χ0) is 22.5. The van der Waals surface area contributed by atoms with E-state index in [1.165, 1.54) is 10.1 Å². The normalized spacial score (nSPS) is 15.2. The molecule has 3 aromatic rings. The van der Waals surface area contributed by atoms with Crippen LogP contribution in [0.25, 0.3) is 10.9 Å². The van der Waals surface area contributed by atoms with Gasteiger partial charge in [-0.1, -0.05) is 31.2 Å². The number of aromatic nitrogens is 2. The zero-order valence-corrected chi connectivity index (χ0v) is 19.2. The van der Waals surface area contributed by atoms with Gasteiger partial charge in [-0.3, -0.25) is 19.1 Å². The van der Waals surface area contributed by atoms with E-state index in [-0.39, 0.29) is 24.4 Å². The van der Waals surface area contributed by atoms with Gasteiger partial charge >= 0.3 is 0 Å². The van der Waals surface area contributed by atoms with Crippen molar-refractivity contribution in [1.82, 2.24) is 19.4 Å². The first-order chi connectivity index (χ1) is 15.5. The summed E-state index contributed by atoms with van der Waals surface area (Å²) in [6.07, 6.45) is 0.166. The van der Waals surface area contributed by atoms with Crippen molar-refractivity contribution in [3.05, 3.63) is 69.2 Å². The van der Waals surface area contributed by atoms with Crippen LogP contribution in [0, 0.1) is 4.77 Å². The quantitative estimate of drug-likeness (QED) is 0.540. The van der Waals surface area contributed by atoms with Crippen molar-refractivity contribution in [3.63, 3.8) is 0 Å². The standard InChI is InChI=1S/C24H29N5O2S/c1-2-27-13-15-28(16-14-27)17-18-7-9-19(10-8-18)25-22(30)11-12-29-23(31)20-5-3-4-6-21(20)26-24(29)32/h3-10H,2,11-17H2,1H3,(H,25,30)(H,26,32). The molecule has 8 heteroatoms. The number of fused-ring (bicyclic) bond motifs is 1. The Balaban J connectivity index is 1.31. The van der Waals surface area contributed by atoms with Gasteiger partial charge in [0.1, 0.15) is 0 Å². The molecule has 1 fully saturated rings. The molecular formula is C24H29N5O2S. The topological polar surface area (TPSA) is 73.4 Å². The van der Waals surface area contributed by atoms with Gasteiger partial charge in [0.15, 0.2) is 4.77 Å². The minimum Gasteiger partial charge on any atom is -0.332 e. The first-order valence-electron chi connectivity index (χ1n) is 11.1. The van der Waals surface area contributed by atoms with Gasteiger partial charge in [0.2, 0.25) is 5.91 Å². The first kappa shape index (κ1) is 22.4. The highest BCUT2D eigenvalue weighted by Crippen LogP contribution is 2.14. The van der Waals surface area contributed by atoms with E-state index >= 15 is 0 Å². The van der Waals surface area contributed by atoms with Crippen LogP contribution in [0.2, 0.25) is 0 Å². The lowest BCUT2D eigenvalue weighted by molar-refractivity contribution is -0.116. The van der Waals surface area contributed by atoms with Crippen molar-refractivity contribution in [2.75, 3.05) is 38.0 Å². The van der Waals surface area contributed by atoms with Crippen molar-refractivity contribution < 1.29 is 4.79 Å². The second kappa shape index (κ2) is 10.2. The van der Waals surface area contributed by atoms with Gasteiger partial charge in [-0.2, -0.15) is 0 Å². The first-order valence-corrected chi connectivity index (χ1v) is 11.5. The molecule has 1 aliphatic heterocycles. The van der Waals surface area contributed by atoms with Crippen LogP contribution in [-0.2, 0) is 17.9 Å². The van der Waals surface area contributed by atoms with E-state index in [4.69, 9.17) is 12.2 Å². The Labute approximate surface area is 192 Å². The number of rotatable bonds is 7. The second-order valence-electron chi connectivity index (χ2n) is 8.14. The number of hydrogen-bond donors (Lipinski definition) is 2. The molecule has 2 heterocycles. The summed E-state index contributed by atoms with van der Waals surface area (Å²) >= 11 is 5.31. The van der Waals surface area contributed by atoms with E-state index in [9.17, 15) is 9.59 Å². The summed E-state index contributed by atoms with van der Waals surface area (Å²) in [6, 6.07) is 15.2. The Hall–Kier alpha value is -2.81. The maximum Gasteiger partial charge on any atom is 0.262 e. The number of benzene rings is 2. The predicted molar refractivity (Wildman–Crippen MR) is 130 cm³/mol. The van der Waals surface area contributed by atoms with Crippen LogP contribution in [0.4, 0.5) is 5.69 Å². The van der Waals surface area contributed by atoms with Crippen LogP contribution < -0.4 is 10.9 Å². The van der Waals surface area contributed by atoms with E-state index in [2.05, 4.69) is 39.2 Å². The number of hydrogen-bond acceptors (Lipinski definition) is 5. The molecule has 0 spiro atoms. The van der Waals surface area contributed by atoms with Gasteiger partial charge in [0, 0.05) is 51.4 Å². The summed E-state index contributed by atoms with van der Waals surface area (Å²) in [5.74, 6) is -0.150. The van der Waals surface area contributed by atoms with Crippen LogP contribution in [0.5, 0.6) is 0 Å². The van der Waals surface area contributed by atoms with Crippen molar-refractivity contribution in [2.24, 2.45) is 0 Å². The van der Waals surface area contributed by atoms with E-state index in [1.807, 2.05) is 30.3 Å². The summed E-state index contributed by atoms with van der Waals surface area (Å²) in [7, 11) is 0. The van der Waals surface area contributed by atoms with Gasteiger partial charge in [-0.25, -0.2) is 0 Å². The van der Waals surface area contributed by atoms with Crippen molar-refractivity contribution in [3.8, 4) is 0 Å². The summed E-state index contributed by atoms with van der Waals surface area (Å²) in [4.78, 5) is 33.1. The Morgan fingerprint density at radius 2 is 1.72 bits per heavy atom. The summed E-state index contributed by atoms with van der Waals surface area (Å²) in [6.45, 7) is 8.89. The molecule has 168 valence electrons. The molecule has 0 bridgehead atoms. The van der Waals surface area contributed by atoms with E-state index < -0.39 is 0 Å². The number of para-hydroxylation sites is 1. The second-order valence-corrected chi connectivity index (χ2v) is 8.52. The number of likely N-dealkylation sites (N-methyl/N-ethyl adjacent to an activating group) is 1. The summed E-state index contributed by atoms with van der Waals surface area (Å²) in [5.41, 5.74) is 2.52. The van der Waals surface area contributed by atoms with Crippen LogP contribution in [0.1, 0.15) is 18.9 Å². The number of aromatic amines is 1. The monoisotopic (exact) mass is 451 g/mol. The van der Waals surface area contributed by atoms with Gasteiger partial charge in [0.05, 0.1) is 10.9 Å². The van der Waals surface area contributed by atoms with Crippen molar-refractivity contribution in [1.29, 1.82) is 0 Å². The average Bonchev–Trinajstić information content (AvgIpc) is 2.81. The van der Waals surface area contributed by atoms with E-state index in [0.29, 0.717) is 15.7 Å². The third-order valence-electron chi connectivity index (χ3n) is 6.01. The van der Waals surface area contributed by atoms with Crippen LogP contribution in [0.15, 0.2) is 53.3 Å². The molecule has 0 aliphatic carbocycles. The molecule has 0 radical (unpaired) electrons. The highest BCUT2D eigenvalue weighted by Gasteiger charge is 2.15. The van der Waals surface area contributed by atoms with Gasteiger partial charge in [-0.05, 0) is 48.6 Å². The Bertz CT molecular complexity index is 1190. The highest BCUT2D eigenvalue weighted by atomic mass is 32.1. The van der Waals surface area contributed by atoms with Gasteiger partial charge < -0.3 is 15.2 Å². The maximum absolute atomic E-state index is 12.7. The van der Waals surface area contributed by atoms with E-state index in [1.54, 1.807) is 6.07 Å². The largest absolute Gasteiger partial charge is 0.332 e. The summed E-state index contributed by atoms with van der Waals surface area (Å²) < 4.78 is 1.77. The fraction of sp³-hybridized carbons (Fsp3) is 0.375. The molecule has 0 saturated carbocycles. The fourth-order valence-electron chi connectivity index (χ4n) is 4.05. The number of carbonyl (C=O) groups excluding carboxylic acids is 1. The predicted octanol–water partition coefficient (Wildman–Crippen LogP) is 3.23. The zero-order valence-electron chi connectivity index (χ0n) is 18.3. The lowest BCUT2D eigenvalue weighted by Gasteiger charge is -2.34. The average molecular weight is 452 g/mol. The molecule has 1 amide bonds. The minimum absolute atomic E-state index is 0.150. The molecular weight excluding hydrogens is 422 g/mol. The Morgan fingerprint density at radius 3 is 2.44 bits per heavy atom. The molecule has 0 atom stereocenters. The molecule has 7 nitrogen and oxygen atoms in total. The smallest absolute Gasteiger partial charge is 0.262 e. The number of nitrogens with zero attached hydrogens (tertiary/aromatic N) is 3. The molecule has 2 N–H and O–H groups in total. The minimum atomic E-state index is -0.179. The number of nitrogens with one attached hydrogen (secondary N) is 2. The third kappa shape index (κ3) is 5.32.